The Hall–Kier alpha value is -5.76. The highest BCUT2D eigenvalue weighted by atomic mass is 16.5. The fourth-order valence-electron chi connectivity index (χ4n) is 10.2. The SMILES string of the molecule is CCOCCC1(CCOCC)c2cc(-c3ccccc3)ccc2-c2c1c1c(c3cc(OC)c(N4CCCCC4)cc23)OC(c2ccc(OC)cc2)(c2ccc(OC)cc2)C=C1. The van der Waals surface area contributed by atoms with Crippen LogP contribution in [0.3, 0.4) is 0 Å². The molecule has 0 aromatic heterocycles. The van der Waals surface area contributed by atoms with Crippen LogP contribution in [0.15, 0.2) is 115 Å². The summed E-state index contributed by atoms with van der Waals surface area (Å²) in [5.41, 5.74) is 10.2. The van der Waals surface area contributed by atoms with E-state index in [1.54, 1.807) is 21.3 Å². The third-order valence-corrected chi connectivity index (χ3v) is 13.2. The zero-order chi connectivity index (χ0) is 42.0. The first-order chi connectivity index (χ1) is 30.0. The summed E-state index contributed by atoms with van der Waals surface area (Å²) in [5.74, 6) is 3.26. The van der Waals surface area contributed by atoms with E-state index in [4.69, 9.17) is 28.4 Å². The third kappa shape index (κ3) is 7.11. The van der Waals surface area contributed by atoms with E-state index in [0.717, 1.165) is 94.9 Å². The minimum absolute atomic E-state index is 0.447. The lowest BCUT2D eigenvalue weighted by molar-refractivity contribution is 0.105. The first kappa shape index (κ1) is 40.6. The molecule has 1 saturated heterocycles. The van der Waals surface area contributed by atoms with Gasteiger partial charge in [-0.15, -0.1) is 0 Å². The molecule has 61 heavy (non-hydrogen) atoms. The van der Waals surface area contributed by atoms with Crippen molar-refractivity contribution in [1.29, 1.82) is 0 Å². The van der Waals surface area contributed by atoms with Crippen LogP contribution in [0.2, 0.25) is 0 Å². The molecule has 0 N–H and O–H groups in total. The van der Waals surface area contributed by atoms with Gasteiger partial charge in [0, 0.05) is 67.0 Å². The fourth-order valence-corrected chi connectivity index (χ4v) is 10.2. The molecule has 2 heterocycles. The van der Waals surface area contributed by atoms with Crippen LogP contribution >= 0.6 is 0 Å². The van der Waals surface area contributed by atoms with Crippen molar-refractivity contribution in [2.24, 2.45) is 0 Å². The van der Waals surface area contributed by atoms with Gasteiger partial charge in [0.2, 0.25) is 0 Å². The molecule has 1 aliphatic carbocycles. The first-order valence-corrected chi connectivity index (χ1v) is 22.0. The van der Waals surface area contributed by atoms with E-state index in [1.165, 1.54) is 39.8 Å². The number of benzene rings is 6. The number of anilines is 1. The Morgan fingerprint density at radius 1 is 0.639 bits per heavy atom. The molecule has 7 heteroatoms. The zero-order valence-corrected chi connectivity index (χ0v) is 36.2. The van der Waals surface area contributed by atoms with Crippen molar-refractivity contribution in [3.63, 3.8) is 0 Å². The van der Waals surface area contributed by atoms with Gasteiger partial charge in [0.15, 0.2) is 5.60 Å². The van der Waals surface area contributed by atoms with Crippen LogP contribution in [-0.4, -0.2) is 60.8 Å². The molecule has 0 unspecified atom stereocenters. The lowest BCUT2D eigenvalue weighted by Gasteiger charge is -2.40. The smallest absolute Gasteiger partial charge is 0.178 e. The van der Waals surface area contributed by atoms with Gasteiger partial charge in [-0.1, -0.05) is 72.8 Å². The van der Waals surface area contributed by atoms with Crippen molar-refractivity contribution < 1.29 is 28.4 Å². The van der Waals surface area contributed by atoms with Crippen molar-refractivity contribution >= 4 is 22.5 Å². The van der Waals surface area contributed by atoms with Crippen molar-refractivity contribution in [1.82, 2.24) is 0 Å². The molecule has 6 aromatic carbocycles. The van der Waals surface area contributed by atoms with Crippen LogP contribution < -0.4 is 23.8 Å². The molecule has 0 amide bonds. The average Bonchev–Trinajstić information content (AvgIpc) is 3.61. The number of rotatable bonds is 15. The quantitative estimate of drug-likeness (QED) is 0.0957. The van der Waals surface area contributed by atoms with Gasteiger partial charge in [-0.2, -0.15) is 0 Å². The van der Waals surface area contributed by atoms with E-state index >= 15 is 0 Å². The van der Waals surface area contributed by atoms with E-state index in [-0.39, 0.29) is 0 Å². The Labute approximate surface area is 360 Å². The molecular formula is C54H57NO6. The largest absolute Gasteiger partial charge is 0.497 e. The van der Waals surface area contributed by atoms with Crippen LogP contribution in [0.5, 0.6) is 23.0 Å². The number of hydrogen-bond acceptors (Lipinski definition) is 7. The van der Waals surface area contributed by atoms with Gasteiger partial charge in [-0.25, -0.2) is 0 Å². The maximum atomic E-state index is 7.80. The molecule has 0 spiro atoms. The maximum absolute atomic E-state index is 7.80. The van der Waals surface area contributed by atoms with Gasteiger partial charge in [0.05, 0.1) is 27.0 Å². The summed E-state index contributed by atoms with van der Waals surface area (Å²) in [7, 11) is 5.19. The maximum Gasteiger partial charge on any atom is 0.178 e. The average molecular weight is 816 g/mol. The molecular weight excluding hydrogens is 759 g/mol. The molecule has 0 radical (unpaired) electrons. The van der Waals surface area contributed by atoms with Crippen LogP contribution in [0.25, 0.3) is 39.1 Å². The number of hydrogen-bond donors (Lipinski definition) is 0. The second kappa shape index (κ2) is 17.3. The highest BCUT2D eigenvalue weighted by molar-refractivity contribution is 6.10. The van der Waals surface area contributed by atoms with Crippen molar-refractivity contribution in [3.05, 3.63) is 143 Å². The summed E-state index contributed by atoms with van der Waals surface area (Å²) in [6.45, 7) is 8.67. The summed E-state index contributed by atoms with van der Waals surface area (Å²) < 4.78 is 38.0. The first-order valence-electron chi connectivity index (χ1n) is 22.0. The predicted octanol–water partition coefficient (Wildman–Crippen LogP) is 12.0. The van der Waals surface area contributed by atoms with Gasteiger partial charge in [-0.05, 0) is 133 Å². The molecule has 0 bridgehead atoms. The Balaban J connectivity index is 1.38. The summed E-state index contributed by atoms with van der Waals surface area (Å²) in [5, 5.41) is 2.18. The van der Waals surface area contributed by atoms with Gasteiger partial charge in [0.1, 0.15) is 23.0 Å². The van der Waals surface area contributed by atoms with Gasteiger partial charge in [0.25, 0.3) is 0 Å². The van der Waals surface area contributed by atoms with Crippen LogP contribution in [-0.2, 0) is 20.5 Å². The Morgan fingerprint density at radius 3 is 1.87 bits per heavy atom. The van der Waals surface area contributed by atoms with Gasteiger partial charge >= 0.3 is 0 Å². The number of ether oxygens (including phenoxy) is 6. The lowest BCUT2D eigenvalue weighted by Crippen LogP contribution is -2.36. The summed E-state index contributed by atoms with van der Waals surface area (Å²) in [6, 6.07) is 38.9. The van der Waals surface area contributed by atoms with Crippen LogP contribution in [0.1, 0.15) is 73.8 Å². The zero-order valence-electron chi connectivity index (χ0n) is 36.2. The third-order valence-electron chi connectivity index (χ3n) is 13.2. The molecule has 6 aromatic rings. The summed E-state index contributed by atoms with van der Waals surface area (Å²) >= 11 is 0. The second-order valence-corrected chi connectivity index (χ2v) is 16.3. The second-order valence-electron chi connectivity index (χ2n) is 16.3. The highest BCUT2D eigenvalue weighted by Gasteiger charge is 2.49. The molecule has 9 rings (SSSR count). The molecule has 0 atom stereocenters. The Bertz CT molecular complexity index is 2460. The van der Waals surface area contributed by atoms with E-state index in [9.17, 15) is 0 Å². The number of methoxy groups -OCH3 is 3. The van der Waals surface area contributed by atoms with Gasteiger partial charge in [-0.3, -0.25) is 0 Å². The normalized spacial score (nSPS) is 15.8. The highest BCUT2D eigenvalue weighted by Crippen LogP contribution is 2.62. The predicted molar refractivity (Wildman–Crippen MR) is 247 cm³/mol. The molecule has 314 valence electrons. The lowest BCUT2D eigenvalue weighted by atomic mass is 9.70. The minimum atomic E-state index is -0.975. The Kier molecular flexibility index (Phi) is 11.5. The molecule has 3 aliphatic rings. The summed E-state index contributed by atoms with van der Waals surface area (Å²) in [4.78, 5) is 2.51. The number of fused-ring (bicyclic) bond motifs is 8. The summed E-state index contributed by atoms with van der Waals surface area (Å²) in [6.07, 6.45) is 9.71. The van der Waals surface area contributed by atoms with E-state index in [1.807, 2.05) is 24.3 Å². The van der Waals surface area contributed by atoms with E-state index in [2.05, 4.69) is 116 Å². The molecule has 2 aliphatic heterocycles. The molecule has 0 saturated carbocycles. The molecule has 1 fully saturated rings. The monoisotopic (exact) mass is 815 g/mol. The van der Waals surface area contributed by atoms with Crippen LogP contribution in [0, 0.1) is 0 Å². The van der Waals surface area contributed by atoms with Crippen molar-refractivity contribution in [2.45, 2.75) is 57.0 Å². The minimum Gasteiger partial charge on any atom is -0.497 e. The van der Waals surface area contributed by atoms with E-state index in [0.29, 0.717) is 26.4 Å². The number of piperidine rings is 1. The van der Waals surface area contributed by atoms with Crippen LogP contribution in [0.4, 0.5) is 5.69 Å². The number of nitrogens with zero attached hydrogens (tertiary/aromatic N) is 1. The standard InChI is InChI=1S/C54H57NO6/c1-6-59-32-28-53(29-33-60-7-2)47-34-38(37-14-10-8-11-15-37)16-25-43(47)50-45-35-48(55-30-12-9-13-31-55)49(58-5)36-46(45)52-44(51(50)53)26-27-54(61-52,39-17-21-41(56-3)22-18-39)40-19-23-42(57-4)24-20-40/h8,10-11,14-27,34-36H,6-7,9,12-13,28-33H2,1-5H3. The van der Waals surface area contributed by atoms with Crippen molar-refractivity contribution in [3.8, 4) is 45.3 Å². The van der Waals surface area contributed by atoms with Crippen molar-refractivity contribution in [2.75, 3.05) is 65.7 Å². The topological polar surface area (TPSA) is 58.6 Å². The molecule has 7 nitrogen and oxygen atoms in total. The fraction of sp³-hybridized carbons (Fsp3) is 0.333. The van der Waals surface area contributed by atoms with Gasteiger partial charge < -0.3 is 33.3 Å². The Morgan fingerprint density at radius 2 is 1.28 bits per heavy atom. The van der Waals surface area contributed by atoms with E-state index < -0.39 is 11.0 Å².